The number of aromatic nitrogens is 2. The number of benzene rings is 3. The van der Waals surface area contributed by atoms with Crippen molar-refractivity contribution in [3.63, 3.8) is 0 Å². The van der Waals surface area contributed by atoms with Crippen molar-refractivity contribution in [1.29, 1.82) is 0 Å². The molecule has 1 fully saturated rings. The zero-order chi connectivity index (χ0) is 26.8. The van der Waals surface area contributed by atoms with Crippen LogP contribution in [0, 0.1) is 13.8 Å². The van der Waals surface area contributed by atoms with Crippen molar-refractivity contribution in [2.75, 3.05) is 38.1 Å². The number of anilines is 1. The summed E-state index contributed by atoms with van der Waals surface area (Å²) in [5, 5.41) is 1.10. The van der Waals surface area contributed by atoms with Crippen LogP contribution < -0.4 is 16.1 Å². The quantitative estimate of drug-likeness (QED) is 0.342. The van der Waals surface area contributed by atoms with E-state index in [9.17, 15) is 9.59 Å². The summed E-state index contributed by atoms with van der Waals surface area (Å²) >= 11 is 6.61. The van der Waals surface area contributed by atoms with E-state index in [1.54, 1.807) is 10.6 Å². The Morgan fingerprint density at radius 3 is 2.18 bits per heavy atom. The van der Waals surface area contributed by atoms with Gasteiger partial charge in [-0.05, 0) is 57.0 Å². The minimum atomic E-state index is -0.293. The standard InChI is InChI=1S/C31H35ClN4O2/c1-22-16-23(2)18-25(17-22)10-7-11-35-30(37)29-27(34-14-12-33(3)13-15-34)19-26(32)20-28(29)36(31(35)38)21-24-8-5-4-6-9-24/h4-6,8-9,16-20H,7,10-15,21H2,1-3H3. The average Bonchev–Trinajstić information content (AvgIpc) is 2.88. The van der Waals surface area contributed by atoms with E-state index in [1.807, 2.05) is 36.4 Å². The Balaban J connectivity index is 1.61. The largest absolute Gasteiger partial charge is 0.368 e. The number of nitrogens with zero attached hydrogens (tertiary/aromatic N) is 4. The highest BCUT2D eigenvalue weighted by molar-refractivity contribution is 6.31. The van der Waals surface area contributed by atoms with Gasteiger partial charge in [0.15, 0.2) is 0 Å². The van der Waals surface area contributed by atoms with Crippen molar-refractivity contribution < 1.29 is 0 Å². The Labute approximate surface area is 228 Å². The van der Waals surface area contributed by atoms with Gasteiger partial charge in [0, 0.05) is 37.7 Å². The summed E-state index contributed by atoms with van der Waals surface area (Å²) in [5.41, 5.74) is 5.55. The summed E-state index contributed by atoms with van der Waals surface area (Å²) in [6, 6.07) is 20.0. The van der Waals surface area contributed by atoms with Crippen molar-refractivity contribution in [1.82, 2.24) is 14.0 Å². The number of hydrogen-bond acceptors (Lipinski definition) is 4. The molecule has 4 aromatic rings. The fraction of sp³-hybridized carbons (Fsp3) is 0.355. The molecule has 0 radical (unpaired) electrons. The lowest BCUT2D eigenvalue weighted by Crippen LogP contribution is -2.46. The highest BCUT2D eigenvalue weighted by Gasteiger charge is 2.22. The second-order valence-electron chi connectivity index (χ2n) is 10.5. The third-order valence-electron chi connectivity index (χ3n) is 7.43. The molecule has 6 nitrogen and oxygen atoms in total. The van der Waals surface area contributed by atoms with Gasteiger partial charge in [0.25, 0.3) is 5.56 Å². The smallest absolute Gasteiger partial charge is 0.331 e. The molecule has 3 aromatic carbocycles. The predicted molar refractivity (Wildman–Crippen MR) is 157 cm³/mol. The molecule has 1 aliphatic heterocycles. The first kappa shape index (κ1) is 26.3. The minimum Gasteiger partial charge on any atom is -0.368 e. The van der Waals surface area contributed by atoms with Gasteiger partial charge in [-0.2, -0.15) is 0 Å². The first-order valence-electron chi connectivity index (χ1n) is 13.3. The van der Waals surface area contributed by atoms with Gasteiger partial charge in [-0.15, -0.1) is 0 Å². The van der Waals surface area contributed by atoms with Gasteiger partial charge in [-0.3, -0.25) is 13.9 Å². The maximum absolute atomic E-state index is 14.0. The molecule has 7 heteroatoms. The lowest BCUT2D eigenvalue weighted by Gasteiger charge is -2.34. The fourth-order valence-corrected chi connectivity index (χ4v) is 5.76. The van der Waals surface area contributed by atoms with Crippen LogP contribution in [0.5, 0.6) is 0 Å². The number of hydrogen-bond donors (Lipinski definition) is 0. The van der Waals surface area contributed by atoms with Crippen molar-refractivity contribution in [2.24, 2.45) is 0 Å². The summed E-state index contributed by atoms with van der Waals surface area (Å²) in [6.45, 7) is 8.33. The Hall–Kier alpha value is -3.35. The van der Waals surface area contributed by atoms with E-state index >= 15 is 0 Å². The highest BCUT2D eigenvalue weighted by atomic mass is 35.5. The summed E-state index contributed by atoms with van der Waals surface area (Å²) in [6.07, 6.45) is 1.50. The van der Waals surface area contributed by atoms with Gasteiger partial charge >= 0.3 is 5.69 Å². The molecule has 0 spiro atoms. The molecule has 38 heavy (non-hydrogen) atoms. The van der Waals surface area contributed by atoms with Crippen LogP contribution in [0.3, 0.4) is 0 Å². The lowest BCUT2D eigenvalue weighted by molar-refractivity contribution is 0.313. The molecule has 1 aliphatic rings. The number of piperazine rings is 1. The molecule has 5 rings (SSSR count). The predicted octanol–water partition coefficient (Wildman–Crippen LogP) is 4.87. The minimum absolute atomic E-state index is 0.236. The lowest BCUT2D eigenvalue weighted by atomic mass is 10.0. The number of aryl methyl sites for hydroxylation is 3. The van der Waals surface area contributed by atoms with Gasteiger partial charge in [-0.25, -0.2) is 4.79 Å². The molecule has 0 saturated carbocycles. The van der Waals surface area contributed by atoms with Crippen molar-refractivity contribution in [3.8, 4) is 0 Å². The monoisotopic (exact) mass is 530 g/mol. The van der Waals surface area contributed by atoms with Gasteiger partial charge in [0.1, 0.15) is 0 Å². The molecule has 0 N–H and O–H groups in total. The third-order valence-corrected chi connectivity index (χ3v) is 7.65. The zero-order valence-corrected chi connectivity index (χ0v) is 23.2. The van der Waals surface area contributed by atoms with Crippen LogP contribution in [0.2, 0.25) is 5.02 Å². The Kier molecular flexibility index (Phi) is 7.73. The maximum Gasteiger partial charge on any atom is 0.331 e. The van der Waals surface area contributed by atoms with E-state index in [0.29, 0.717) is 35.4 Å². The molecular formula is C31H35ClN4O2. The van der Waals surface area contributed by atoms with Gasteiger partial charge in [-0.1, -0.05) is 71.3 Å². The van der Waals surface area contributed by atoms with E-state index < -0.39 is 0 Å². The normalized spacial score (nSPS) is 14.4. The van der Waals surface area contributed by atoms with Crippen molar-refractivity contribution >= 4 is 28.2 Å². The molecule has 0 unspecified atom stereocenters. The second-order valence-corrected chi connectivity index (χ2v) is 11.0. The van der Waals surface area contributed by atoms with Crippen LogP contribution in [0.1, 0.15) is 28.7 Å². The summed E-state index contributed by atoms with van der Waals surface area (Å²) in [4.78, 5) is 32.4. The topological polar surface area (TPSA) is 50.5 Å². The number of rotatable bonds is 7. The van der Waals surface area contributed by atoms with Crippen LogP contribution in [0.15, 0.2) is 70.3 Å². The fourth-order valence-electron chi connectivity index (χ4n) is 5.55. The van der Waals surface area contributed by atoms with Crippen LogP contribution >= 0.6 is 11.6 Å². The van der Waals surface area contributed by atoms with Crippen molar-refractivity contribution in [3.05, 3.63) is 109 Å². The van der Waals surface area contributed by atoms with E-state index in [-0.39, 0.29) is 11.2 Å². The first-order chi connectivity index (χ1) is 18.3. The summed E-state index contributed by atoms with van der Waals surface area (Å²) in [5.74, 6) is 0. The van der Waals surface area contributed by atoms with Crippen LogP contribution in [0.4, 0.5) is 5.69 Å². The molecular weight excluding hydrogens is 496 g/mol. The molecule has 0 aliphatic carbocycles. The molecule has 1 saturated heterocycles. The number of halogens is 1. The third kappa shape index (κ3) is 5.57. The van der Waals surface area contributed by atoms with Crippen LogP contribution in [-0.2, 0) is 19.5 Å². The number of fused-ring (bicyclic) bond motifs is 1. The zero-order valence-electron chi connectivity index (χ0n) is 22.4. The van der Waals surface area contributed by atoms with Gasteiger partial charge in [0.2, 0.25) is 0 Å². The van der Waals surface area contributed by atoms with Crippen molar-refractivity contribution in [2.45, 2.75) is 39.8 Å². The molecule has 0 bridgehead atoms. The second kappa shape index (κ2) is 11.2. The molecule has 0 amide bonds. The Morgan fingerprint density at radius 2 is 1.50 bits per heavy atom. The van der Waals surface area contributed by atoms with E-state index in [1.165, 1.54) is 21.3 Å². The van der Waals surface area contributed by atoms with E-state index in [4.69, 9.17) is 11.6 Å². The van der Waals surface area contributed by atoms with Gasteiger partial charge < -0.3 is 9.80 Å². The van der Waals surface area contributed by atoms with E-state index in [0.717, 1.165) is 43.9 Å². The highest BCUT2D eigenvalue weighted by Crippen LogP contribution is 2.29. The number of likely N-dealkylation sites (N-methyl/N-ethyl adjacent to an activating group) is 1. The average molecular weight is 531 g/mol. The Bertz CT molecular complexity index is 1550. The maximum atomic E-state index is 14.0. The molecule has 2 heterocycles. The van der Waals surface area contributed by atoms with Crippen LogP contribution in [0.25, 0.3) is 10.9 Å². The summed E-state index contributed by atoms with van der Waals surface area (Å²) < 4.78 is 3.15. The first-order valence-corrected chi connectivity index (χ1v) is 13.7. The molecule has 0 atom stereocenters. The van der Waals surface area contributed by atoms with Crippen LogP contribution in [-0.4, -0.2) is 47.3 Å². The SMILES string of the molecule is Cc1cc(C)cc(CCCn2c(=O)c3c(N4CCN(C)CC4)cc(Cl)cc3n(Cc3ccccc3)c2=O)c1. The van der Waals surface area contributed by atoms with Gasteiger partial charge in [0.05, 0.1) is 23.1 Å². The Morgan fingerprint density at radius 1 is 0.816 bits per heavy atom. The summed E-state index contributed by atoms with van der Waals surface area (Å²) in [7, 11) is 2.10. The molecule has 1 aromatic heterocycles. The van der Waals surface area contributed by atoms with E-state index in [2.05, 4.69) is 48.9 Å². The molecule has 198 valence electrons.